The molecular formula is C19H22BrN3S. The lowest BCUT2D eigenvalue weighted by atomic mass is 10.2. The fraction of sp³-hybridized carbons (Fsp3) is 0.368. The number of benzene rings is 1. The van der Waals surface area contributed by atoms with Crippen LogP contribution in [0, 0.1) is 0 Å². The van der Waals surface area contributed by atoms with Crippen LogP contribution in [0.3, 0.4) is 0 Å². The molecule has 0 aliphatic heterocycles. The van der Waals surface area contributed by atoms with Crippen molar-refractivity contribution < 1.29 is 0 Å². The van der Waals surface area contributed by atoms with Gasteiger partial charge >= 0.3 is 0 Å². The van der Waals surface area contributed by atoms with E-state index in [2.05, 4.69) is 51.1 Å². The van der Waals surface area contributed by atoms with Crippen molar-refractivity contribution in [1.82, 2.24) is 4.68 Å². The van der Waals surface area contributed by atoms with Crippen LogP contribution in [0.5, 0.6) is 0 Å². The van der Waals surface area contributed by atoms with E-state index < -0.39 is 0 Å². The van der Waals surface area contributed by atoms with Crippen LogP contribution in [0.4, 0.5) is 0 Å². The molecule has 0 N–H and O–H groups in total. The van der Waals surface area contributed by atoms with Crippen molar-refractivity contribution >= 4 is 33.0 Å². The highest BCUT2D eigenvalue weighted by atomic mass is 79.9. The molecule has 126 valence electrons. The number of aromatic nitrogens is 1. The van der Waals surface area contributed by atoms with E-state index in [1.807, 2.05) is 16.8 Å². The lowest BCUT2D eigenvalue weighted by Crippen LogP contribution is -2.15. The zero-order valence-electron chi connectivity index (χ0n) is 13.7. The Kier molecular flexibility index (Phi) is 6.21. The summed E-state index contributed by atoms with van der Waals surface area (Å²) in [6, 6.07) is 8.27. The van der Waals surface area contributed by atoms with Crippen molar-refractivity contribution in [3.63, 3.8) is 0 Å². The zero-order chi connectivity index (χ0) is 16.8. The molecule has 1 saturated carbocycles. The Hall–Kier alpha value is -1.46. The molecule has 1 aromatic carbocycles. The average Bonchev–Trinajstić information content (AvgIpc) is 2.80. The Morgan fingerprint density at radius 2 is 1.92 bits per heavy atom. The van der Waals surface area contributed by atoms with Crippen molar-refractivity contribution in [2.24, 2.45) is 10.1 Å². The highest BCUT2D eigenvalue weighted by Crippen LogP contribution is 2.28. The number of rotatable bonds is 4. The van der Waals surface area contributed by atoms with E-state index in [1.165, 1.54) is 31.4 Å². The topological polar surface area (TPSA) is 29.6 Å². The first kappa shape index (κ1) is 17.4. The summed E-state index contributed by atoms with van der Waals surface area (Å²) < 4.78 is 3.10. The first-order valence-electron chi connectivity index (χ1n) is 8.43. The Bertz CT molecular complexity index is 791. The van der Waals surface area contributed by atoms with Gasteiger partial charge < -0.3 is 0 Å². The van der Waals surface area contributed by atoms with Gasteiger partial charge in [-0.3, -0.25) is 4.99 Å². The van der Waals surface area contributed by atoms with Crippen molar-refractivity contribution in [2.75, 3.05) is 6.54 Å². The molecule has 1 aromatic heterocycles. The lowest BCUT2D eigenvalue weighted by molar-refractivity contribution is 0.702. The third-order valence-electron chi connectivity index (χ3n) is 4.11. The minimum absolute atomic E-state index is 0.612. The zero-order valence-corrected chi connectivity index (χ0v) is 16.2. The first-order valence-corrected chi connectivity index (χ1v) is 10.1. The number of hydrogen-bond acceptors (Lipinski definition) is 3. The third kappa shape index (κ3) is 4.14. The summed E-state index contributed by atoms with van der Waals surface area (Å²) in [7, 11) is 0. The van der Waals surface area contributed by atoms with Crippen molar-refractivity contribution in [3.8, 4) is 11.3 Å². The molecule has 2 aromatic rings. The van der Waals surface area contributed by atoms with Crippen LogP contribution in [0.15, 0.2) is 56.9 Å². The van der Waals surface area contributed by atoms with Gasteiger partial charge in [0.25, 0.3) is 0 Å². The molecule has 5 heteroatoms. The molecule has 1 fully saturated rings. The molecule has 3 nitrogen and oxygen atoms in total. The molecule has 1 heterocycles. The summed E-state index contributed by atoms with van der Waals surface area (Å²) in [5.41, 5.74) is 3.53. The summed E-state index contributed by atoms with van der Waals surface area (Å²) in [5, 5.41) is 7.14. The Morgan fingerprint density at radius 1 is 1.17 bits per heavy atom. The summed E-state index contributed by atoms with van der Waals surface area (Å²) in [6.07, 6.45) is 9.13. The minimum atomic E-state index is 0.612. The van der Waals surface area contributed by atoms with Crippen LogP contribution in [-0.4, -0.2) is 16.9 Å². The van der Waals surface area contributed by atoms with E-state index in [9.17, 15) is 0 Å². The van der Waals surface area contributed by atoms with Crippen LogP contribution in [0.2, 0.25) is 0 Å². The molecule has 0 saturated heterocycles. The lowest BCUT2D eigenvalue weighted by Gasteiger charge is -2.08. The maximum Gasteiger partial charge on any atom is 0.206 e. The molecule has 0 radical (unpaired) electrons. The summed E-state index contributed by atoms with van der Waals surface area (Å²) >= 11 is 5.30. The number of nitrogens with zero attached hydrogens (tertiary/aromatic N) is 3. The molecule has 0 atom stereocenters. The number of hydrogen-bond donors (Lipinski definition) is 0. The third-order valence-corrected chi connectivity index (χ3v) is 5.66. The smallest absolute Gasteiger partial charge is 0.206 e. The highest BCUT2D eigenvalue weighted by molar-refractivity contribution is 9.10. The highest BCUT2D eigenvalue weighted by Gasteiger charge is 2.12. The van der Waals surface area contributed by atoms with E-state index in [0.717, 1.165) is 33.4 Å². The Balaban J connectivity index is 2.10. The monoisotopic (exact) mass is 403 g/mol. The van der Waals surface area contributed by atoms with Crippen molar-refractivity contribution in [2.45, 2.75) is 38.5 Å². The molecule has 3 rings (SSSR count). The van der Waals surface area contributed by atoms with E-state index in [-0.39, 0.29) is 0 Å². The second-order valence-electron chi connectivity index (χ2n) is 5.90. The predicted octanol–water partition coefficient (Wildman–Crippen LogP) is 5.62. The largest absolute Gasteiger partial charge is 0.253 e. The second kappa shape index (κ2) is 8.58. The van der Waals surface area contributed by atoms with Gasteiger partial charge in [0.05, 0.1) is 12.2 Å². The van der Waals surface area contributed by atoms with Gasteiger partial charge in [0.15, 0.2) is 0 Å². The SMILES string of the molecule is C=CCN=c1scc(-c2ccccc2Br)n1N=C1CCCCCC1. The van der Waals surface area contributed by atoms with Gasteiger partial charge in [0.2, 0.25) is 4.80 Å². The van der Waals surface area contributed by atoms with E-state index in [4.69, 9.17) is 5.10 Å². The standard InChI is InChI=1S/C19H22BrN3S/c1-2-13-21-19-23(22-15-9-5-3-4-6-10-15)18(14-24-19)16-11-7-8-12-17(16)20/h2,7-8,11-12,14H,1,3-6,9-10,13H2. The fourth-order valence-corrected chi connectivity index (χ4v) is 4.20. The quantitative estimate of drug-likeness (QED) is 0.467. The van der Waals surface area contributed by atoms with Gasteiger partial charge in [-0.15, -0.1) is 17.9 Å². The Labute approximate surface area is 155 Å². The van der Waals surface area contributed by atoms with Gasteiger partial charge in [0, 0.05) is 21.1 Å². The van der Waals surface area contributed by atoms with Crippen molar-refractivity contribution in [1.29, 1.82) is 0 Å². The molecule has 1 aliphatic rings. The molecule has 0 unspecified atom stereocenters. The maximum absolute atomic E-state index is 5.00. The predicted molar refractivity (Wildman–Crippen MR) is 107 cm³/mol. The molecular weight excluding hydrogens is 382 g/mol. The normalized spacial score (nSPS) is 16.0. The van der Waals surface area contributed by atoms with Crippen LogP contribution >= 0.6 is 27.3 Å². The van der Waals surface area contributed by atoms with E-state index in [1.54, 1.807) is 11.3 Å². The molecule has 24 heavy (non-hydrogen) atoms. The molecule has 0 amide bonds. The molecule has 0 spiro atoms. The summed E-state index contributed by atoms with van der Waals surface area (Å²) in [5.74, 6) is 0. The van der Waals surface area contributed by atoms with Gasteiger partial charge in [-0.25, -0.2) is 4.68 Å². The van der Waals surface area contributed by atoms with Gasteiger partial charge in [-0.2, -0.15) is 5.10 Å². The average molecular weight is 404 g/mol. The van der Waals surface area contributed by atoms with Gasteiger partial charge in [-0.1, -0.05) is 53.0 Å². The summed E-state index contributed by atoms with van der Waals surface area (Å²) in [6.45, 7) is 4.38. The van der Waals surface area contributed by atoms with Crippen molar-refractivity contribution in [3.05, 3.63) is 51.6 Å². The summed E-state index contributed by atoms with van der Waals surface area (Å²) in [4.78, 5) is 5.56. The molecule has 1 aliphatic carbocycles. The van der Waals surface area contributed by atoms with Gasteiger partial charge in [0.1, 0.15) is 0 Å². The minimum Gasteiger partial charge on any atom is -0.253 e. The maximum atomic E-state index is 5.00. The van der Waals surface area contributed by atoms with Crippen LogP contribution < -0.4 is 4.80 Å². The molecule has 0 bridgehead atoms. The van der Waals surface area contributed by atoms with E-state index in [0.29, 0.717) is 6.54 Å². The first-order chi connectivity index (χ1) is 11.8. The van der Waals surface area contributed by atoms with Gasteiger partial charge in [-0.05, 0) is 31.7 Å². The Morgan fingerprint density at radius 3 is 2.62 bits per heavy atom. The number of thiazole rings is 1. The second-order valence-corrected chi connectivity index (χ2v) is 7.60. The van der Waals surface area contributed by atoms with Crippen LogP contribution in [0.1, 0.15) is 38.5 Å². The van der Waals surface area contributed by atoms with Crippen LogP contribution in [0.25, 0.3) is 11.3 Å². The number of halogens is 1. The van der Waals surface area contributed by atoms with E-state index >= 15 is 0 Å². The van der Waals surface area contributed by atoms with Crippen LogP contribution in [-0.2, 0) is 0 Å². The fourth-order valence-electron chi connectivity index (χ4n) is 2.88.